The first-order valence-electron chi connectivity index (χ1n) is 8.69. The molecule has 4 nitrogen and oxygen atoms in total. The van der Waals surface area contributed by atoms with Gasteiger partial charge in [-0.3, -0.25) is 0 Å². The largest absolute Gasteiger partial charge is 0.315 e. The van der Waals surface area contributed by atoms with E-state index in [-0.39, 0.29) is 4.90 Å². The van der Waals surface area contributed by atoms with Gasteiger partial charge in [-0.1, -0.05) is 36.4 Å². The zero-order valence-corrected chi connectivity index (χ0v) is 15.9. The molecule has 6 heteroatoms. The first-order chi connectivity index (χ1) is 13.5. The van der Waals surface area contributed by atoms with Crippen LogP contribution < -0.4 is 0 Å². The van der Waals surface area contributed by atoms with Gasteiger partial charge in [0.1, 0.15) is 11.5 Å². The topological polar surface area (TPSA) is 50.9 Å². The molecule has 28 heavy (non-hydrogen) atoms. The van der Waals surface area contributed by atoms with Crippen LogP contribution in [-0.4, -0.2) is 18.5 Å². The van der Waals surface area contributed by atoms with Crippen LogP contribution >= 0.6 is 0 Å². The highest BCUT2D eigenvalue weighted by Gasteiger charge is 2.20. The molecule has 2 aromatic heterocycles. The Kier molecular flexibility index (Phi) is 4.57. The summed E-state index contributed by atoms with van der Waals surface area (Å²) in [5, 5.41) is 0. The third kappa shape index (κ3) is 3.34. The maximum atomic E-state index is 13.2. The molecule has 0 fully saturated rings. The summed E-state index contributed by atoms with van der Waals surface area (Å²) in [5.41, 5.74) is 3.57. The Morgan fingerprint density at radius 1 is 0.929 bits per heavy atom. The molecule has 0 bridgehead atoms. The molecule has 140 valence electrons. The van der Waals surface area contributed by atoms with Crippen LogP contribution in [0.4, 0.5) is 4.39 Å². The number of fused-ring (bicyclic) bond motifs is 1. The van der Waals surface area contributed by atoms with Crippen molar-refractivity contribution < 1.29 is 12.8 Å². The predicted octanol–water partition coefficient (Wildman–Crippen LogP) is 4.61. The van der Waals surface area contributed by atoms with Gasteiger partial charge in [0, 0.05) is 17.3 Å². The molecule has 4 aromatic rings. The summed E-state index contributed by atoms with van der Waals surface area (Å²) in [7, 11) is -4.03. The first kappa shape index (κ1) is 18.1. The van der Waals surface area contributed by atoms with Crippen LogP contribution in [0.3, 0.4) is 0 Å². The molecule has 0 N–H and O–H groups in total. The minimum absolute atomic E-state index is 0.0548. The Labute approximate surface area is 162 Å². The number of rotatable bonds is 4. The number of benzene rings is 2. The van der Waals surface area contributed by atoms with Crippen molar-refractivity contribution in [1.29, 1.82) is 0 Å². The molecule has 0 unspecified atom stereocenters. The molecule has 0 saturated carbocycles. The number of aryl methyl sites for hydroxylation is 1. The zero-order valence-electron chi connectivity index (χ0n) is 15.1. The van der Waals surface area contributed by atoms with E-state index in [4.69, 9.17) is 0 Å². The fraction of sp³-hybridized carbons (Fsp3) is 0.0455. The van der Waals surface area contributed by atoms with Gasteiger partial charge in [-0.05, 0) is 55.0 Å². The van der Waals surface area contributed by atoms with Gasteiger partial charge in [-0.15, -0.1) is 0 Å². The van der Waals surface area contributed by atoms with Crippen molar-refractivity contribution in [3.63, 3.8) is 0 Å². The molecule has 0 radical (unpaired) electrons. The fourth-order valence-electron chi connectivity index (χ4n) is 3.17. The molecule has 0 spiro atoms. The van der Waals surface area contributed by atoms with Gasteiger partial charge < -0.3 is 4.40 Å². The van der Waals surface area contributed by atoms with E-state index in [9.17, 15) is 12.8 Å². The Balaban J connectivity index is 1.98. The summed E-state index contributed by atoms with van der Waals surface area (Å²) in [4.78, 5) is -0.0548. The second-order valence-electron chi connectivity index (χ2n) is 6.41. The zero-order chi connectivity index (χ0) is 19.7. The summed E-state index contributed by atoms with van der Waals surface area (Å²) in [5.74, 6) is -0.500. The second kappa shape index (κ2) is 7.05. The van der Waals surface area contributed by atoms with Crippen LogP contribution in [0.5, 0.6) is 0 Å². The lowest BCUT2D eigenvalue weighted by atomic mass is 10.1. The van der Waals surface area contributed by atoms with E-state index >= 15 is 0 Å². The van der Waals surface area contributed by atoms with Crippen LogP contribution in [0.1, 0.15) is 16.8 Å². The highest BCUT2D eigenvalue weighted by molar-refractivity contribution is 7.90. The first-order valence-corrected chi connectivity index (χ1v) is 10.1. The lowest BCUT2D eigenvalue weighted by molar-refractivity contribution is 0.596. The van der Waals surface area contributed by atoms with Gasteiger partial charge in [0.05, 0.1) is 10.6 Å². The van der Waals surface area contributed by atoms with Crippen LogP contribution in [0.2, 0.25) is 0 Å². The van der Waals surface area contributed by atoms with Crippen LogP contribution in [-0.2, 0) is 10.0 Å². The Hall–Kier alpha value is -3.25. The van der Waals surface area contributed by atoms with Gasteiger partial charge in [-0.25, -0.2) is 4.39 Å². The lowest BCUT2D eigenvalue weighted by Gasteiger charge is -2.10. The number of halogens is 1. The van der Waals surface area contributed by atoms with Gasteiger partial charge in [0.25, 0.3) is 10.0 Å². The SMILES string of the molecule is Cc1cc2ccccn2c1/C(=N/S(=O)(=O)c1ccc(F)cc1)c1ccccc1. The maximum absolute atomic E-state index is 13.2. The number of hydrogen-bond donors (Lipinski definition) is 0. The van der Waals surface area contributed by atoms with E-state index in [0.717, 1.165) is 23.2 Å². The normalized spacial score (nSPS) is 12.4. The van der Waals surface area contributed by atoms with Crippen molar-refractivity contribution >= 4 is 21.3 Å². The maximum Gasteiger partial charge on any atom is 0.282 e. The van der Waals surface area contributed by atoms with Crippen LogP contribution in [0, 0.1) is 12.7 Å². The smallest absolute Gasteiger partial charge is 0.282 e. The van der Waals surface area contributed by atoms with Gasteiger partial charge >= 0.3 is 0 Å². The van der Waals surface area contributed by atoms with Gasteiger partial charge in [0.15, 0.2) is 0 Å². The minimum Gasteiger partial charge on any atom is -0.315 e. The molecule has 0 aliphatic rings. The molecular formula is C22H17FN2O2S. The van der Waals surface area contributed by atoms with Gasteiger partial charge in [0.2, 0.25) is 0 Å². The molecule has 0 aliphatic carbocycles. The Morgan fingerprint density at radius 3 is 2.32 bits per heavy atom. The quantitative estimate of drug-likeness (QED) is 0.476. The predicted molar refractivity (Wildman–Crippen MR) is 108 cm³/mol. The van der Waals surface area contributed by atoms with Crippen LogP contribution in [0.15, 0.2) is 94.4 Å². The number of hydrogen-bond acceptors (Lipinski definition) is 2. The van der Waals surface area contributed by atoms with Crippen molar-refractivity contribution in [2.45, 2.75) is 11.8 Å². The standard InChI is InChI=1S/C22H17FN2O2S/c1-16-15-19-9-5-6-14-25(19)22(16)21(17-7-3-2-4-8-17)24-28(26,27)20-12-10-18(23)11-13-20/h2-15H,1H3/b24-21+. The second-order valence-corrected chi connectivity index (χ2v) is 8.01. The van der Waals surface area contributed by atoms with E-state index in [2.05, 4.69) is 4.40 Å². The Bertz CT molecular complexity index is 1280. The third-order valence-electron chi connectivity index (χ3n) is 4.46. The average Bonchev–Trinajstić information content (AvgIpc) is 3.03. The fourth-order valence-corrected chi connectivity index (χ4v) is 4.18. The average molecular weight is 392 g/mol. The molecule has 0 amide bonds. The van der Waals surface area contributed by atoms with E-state index in [1.54, 1.807) is 0 Å². The summed E-state index contributed by atoms with van der Waals surface area (Å²) in [6.07, 6.45) is 1.88. The van der Waals surface area contributed by atoms with E-state index in [1.807, 2.05) is 72.1 Å². The monoisotopic (exact) mass is 392 g/mol. The molecular weight excluding hydrogens is 375 g/mol. The summed E-state index contributed by atoms with van der Waals surface area (Å²) in [6, 6.07) is 21.6. The van der Waals surface area contributed by atoms with Crippen molar-refractivity contribution in [2.24, 2.45) is 4.40 Å². The molecule has 0 saturated heterocycles. The number of pyridine rings is 1. The summed E-state index contributed by atoms with van der Waals surface area (Å²) >= 11 is 0. The molecule has 0 aliphatic heterocycles. The number of aromatic nitrogens is 1. The van der Waals surface area contributed by atoms with Crippen molar-refractivity contribution in [2.75, 3.05) is 0 Å². The third-order valence-corrected chi connectivity index (χ3v) is 5.76. The Morgan fingerprint density at radius 2 is 1.61 bits per heavy atom. The van der Waals surface area contributed by atoms with Crippen molar-refractivity contribution in [1.82, 2.24) is 4.40 Å². The highest BCUT2D eigenvalue weighted by Crippen LogP contribution is 2.23. The summed E-state index contributed by atoms with van der Waals surface area (Å²) < 4.78 is 45.2. The number of nitrogens with zero attached hydrogens (tertiary/aromatic N) is 2. The van der Waals surface area contributed by atoms with Crippen molar-refractivity contribution in [3.05, 3.63) is 108 Å². The van der Waals surface area contributed by atoms with E-state index in [0.29, 0.717) is 17.0 Å². The lowest BCUT2D eigenvalue weighted by Crippen LogP contribution is -2.12. The number of sulfonamides is 1. The van der Waals surface area contributed by atoms with Crippen molar-refractivity contribution in [3.8, 4) is 0 Å². The van der Waals surface area contributed by atoms with E-state index in [1.165, 1.54) is 12.1 Å². The minimum atomic E-state index is -4.03. The van der Waals surface area contributed by atoms with Crippen LogP contribution in [0.25, 0.3) is 5.52 Å². The molecule has 2 heterocycles. The molecule has 2 aromatic carbocycles. The molecule has 0 atom stereocenters. The van der Waals surface area contributed by atoms with E-state index < -0.39 is 15.8 Å². The van der Waals surface area contributed by atoms with Gasteiger partial charge in [-0.2, -0.15) is 12.8 Å². The summed E-state index contributed by atoms with van der Waals surface area (Å²) in [6.45, 7) is 1.92. The molecule has 4 rings (SSSR count). The highest BCUT2D eigenvalue weighted by atomic mass is 32.2.